The first-order chi connectivity index (χ1) is 14.3. The zero-order chi connectivity index (χ0) is 19.6. The maximum Gasteiger partial charge on any atom is 0.319 e. The van der Waals surface area contributed by atoms with Crippen LogP contribution in [-0.4, -0.2) is 57.7 Å². The minimum absolute atomic E-state index is 0.158. The van der Waals surface area contributed by atoms with Crippen LogP contribution < -0.4 is 10.6 Å². The number of hydrogen-bond acceptors (Lipinski definition) is 6. The second-order valence-corrected chi connectivity index (χ2v) is 7.05. The Kier molecular flexibility index (Phi) is 4.66. The molecule has 2 fully saturated rings. The van der Waals surface area contributed by atoms with E-state index in [1.165, 1.54) is 0 Å². The number of benzene rings is 2. The summed E-state index contributed by atoms with van der Waals surface area (Å²) in [4.78, 5) is 12.3. The Morgan fingerprint density at radius 3 is 2.48 bits per heavy atom. The fourth-order valence-corrected chi connectivity index (χ4v) is 3.86. The minimum atomic E-state index is -0.287. The summed E-state index contributed by atoms with van der Waals surface area (Å²) in [5.74, 6) is 0.668. The van der Waals surface area contributed by atoms with E-state index in [2.05, 4.69) is 26.2 Å². The molecule has 4 atom stereocenters. The summed E-state index contributed by atoms with van der Waals surface area (Å²) in [6, 6.07) is 18.4. The van der Waals surface area contributed by atoms with Crippen molar-refractivity contribution >= 4 is 11.7 Å². The molecule has 2 amide bonds. The van der Waals surface area contributed by atoms with Gasteiger partial charge in [-0.1, -0.05) is 48.5 Å². The van der Waals surface area contributed by atoms with Gasteiger partial charge in [-0.3, -0.25) is 0 Å². The van der Waals surface area contributed by atoms with Crippen molar-refractivity contribution in [2.75, 3.05) is 18.5 Å². The normalized spacial score (nSPS) is 25.5. The van der Waals surface area contributed by atoms with E-state index in [4.69, 9.17) is 9.47 Å². The van der Waals surface area contributed by atoms with Crippen molar-refractivity contribution < 1.29 is 14.3 Å². The van der Waals surface area contributed by atoms with Gasteiger partial charge < -0.3 is 20.1 Å². The summed E-state index contributed by atoms with van der Waals surface area (Å²) in [5.41, 5.74) is 1.66. The van der Waals surface area contributed by atoms with Gasteiger partial charge in [-0.05, 0) is 22.6 Å². The summed E-state index contributed by atoms with van der Waals surface area (Å²) in [7, 11) is 0. The van der Waals surface area contributed by atoms with Gasteiger partial charge in [0.1, 0.15) is 18.2 Å². The molecule has 2 aliphatic rings. The molecular weight excluding hydrogens is 372 g/mol. The SMILES string of the molecule is O=C(Nc1ccccc1)NC1COC2C1OCC2n1nnnc1-c1ccccc1. The summed E-state index contributed by atoms with van der Waals surface area (Å²) in [5, 5.41) is 18.0. The molecule has 0 radical (unpaired) electrons. The molecular formula is C20H20N6O3. The molecule has 3 aromatic rings. The van der Waals surface area contributed by atoms with E-state index in [1.807, 2.05) is 60.7 Å². The Balaban J connectivity index is 1.28. The van der Waals surface area contributed by atoms with E-state index in [0.29, 0.717) is 19.0 Å². The molecule has 9 nitrogen and oxygen atoms in total. The molecule has 5 rings (SSSR count). The summed E-state index contributed by atoms with van der Waals surface area (Å²) in [6.07, 6.45) is -0.489. The number of carbonyl (C=O) groups is 1. The van der Waals surface area contributed by atoms with Crippen molar-refractivity contribution in [1.29, 1.82) is 0 Å². The van der Waals surface area contributed by atoms with Gasteiger partial charge in [-0.25, -0.2) is 9.48 Å². The first kappa shape index (κ1) is 17.8. The summed E-state index contributed by atoms with van der Waals surface area (Å²) >= 11 is 0. The Labute approximate surface area is 167 Å². The molecule has 29 heavy (non-hydrogen) atoms. The number of rotatable bonds is 4. The molecule has 4 unspecified atom stereocenters. The summed E-state index contributed by atoms with van der Waals surface area (Å²) < 4.78 is 13.7. The number of carbonyl (C=O) groups excluding carboxylic acids is 1. The van der Waals surface area contributed by atoms with Crippen molar-refractivity contribution in [2.24, 2.45) is 0 Å². The first-order valence-electron chi connectivity index (χ1n) is 9.48. The van der Waals surface area contributed by atoms with Gasteiger partial charge in [-0.15, -0.1) is 5.10 Å². The van der Waals surface area contributed by atoms with E-state index in [0.717, 1.165) is 11.3 Å². The average molecular weight is 392 g/mol. The van der Waals surface area contributed by atoms with Crippen molar-refractivity contribution in [1.82, 2.24) is 25.5 Å². The second kappa shape index (κ2) is 7.61. The third-order valence-electron chi connectivity index (χ3n) is 5.21. The van der Waals surface area contributed by atoms with Gasteiger partial charge in [-0.2, -0.15) is 0 Å². The van der Waals surface area contributed by atoms with Gasteiger partial charge in [0.25, 0.3) is 0 Å². The van der Waals surface area contributed by atoms with Gasteiger partial charge in [0, 0.05) is 11.3 Å². The molecule has 0 bridgehead atoms. The molecule has 1 aromatic heterocycles. The molecule has 0 spiro atoms. The fourth-order valence-electron chi connectivity index (χ4n) is 3.86. The molecule has 9 heteroatoms. The Bertz CT molecular complexity index is 980. The molecule has 2 aliphatic heterocycles. The number of nitrogens with one attached hydrogen (secondary N) is 2. The number of para-hydroxylation sites is 1. The van der Waals surface area contributed by atoms with Crippen molar-refractivity contribution in [3.63, 3.8) is 0 Å². The maximum absolute atomic E-state index is 12.3. The molecule has 3 heterocycles. The number of aromatic nitrogens is 4. The standard InChI is InChI=1S/C20H20N6O3/c27-20(21-14-9-5-2-6-10-14)22-15-11-28-18-16(12-29-17(15)18)26-19(23-24-25-26)13-7-3-1-4-8-13/h1-10,15-18H,11-12H2,(H2,21,22,27). The van der Waals surface area contributed by atoms with Crippen LogP contribution in [0, 0.1) is 0 Å². The molecule has 2 saturated heterocycles. The minimum Gasteiger partial charge on any atom is -0.371 e. The third kappa shape index (κ3) is 3.45. The van der Waals surface area contributed by atoms with Crippen LogP contribution in [0.25, 0.3) is 11.4 Å². The smallest absolute Gasteiger partial charge is 0.319 e. The largest absolute Gasteiger partial charge is 0.371 e. The highest BCUT2D eigenvalue weighted by atomic mass is 16.6. The van der Waals surface area contributed by atoms with E-state index in [1.54, 1.807) is 4.68 Å². The molecule has 0 saturated carbocycles. The number of amides is 2. The quantitative estimate of drug-likeness (QED) is 0.703. The van der Waals surface area contributed by atoms with E-state index in [-0.39, 0.29) is 30.3 Å². The zero-order valence-corrected chi connectivity index (χ0v) is 15.5. The number of anilines is 1. The van der Waals surface area contributed by atoms with Crippen molar-refractivity contribution in [2.45, 2.75) is 24.3 Å². The highest BCUT2D eigenvalue weighted by molar-refractivity contribution is 5.89. The zero-order valence-electron chi connectivity index (χ0n) is 15.5. The molecule has 148 valence electrons. The third-order valence-corrected chi connectivity index (χ3v) is 5.21. The topological polar surface area (TPSA) is 103 Å². The van der Waals surface area contributed by atoms with Crippen molar-refractivity contribution in [3.8, 4) is 11.4 Å². The lowest BCUT2D eigenvalue weighted by atomic mass is 10.1. The highest BCUT2D eigenvalue weighted by Crippen LogP contribution is 2.35. The van der Waals surface area contributed by atoms with E-state index in [9.17, 15) is 4.79 Å². The number of nitrogens with zero attached hydrogens (tertiary/aromatic N) is 4. The maximum atomic E-state index is 12.3. The van der Waals surface area contributed by atoms with Crippen LogP contribution >= 0.6 is 0 Å². The van der Waals surface area contributed by atoms with Crippen LogP contribution in [0.15, 0.2) is 60.7 Å². The lowest BCUT2D eigenvalue weighted by Crippen LogP contribution is -2.45. The fraction of sp³-hybridized carbons (Fsp3) is 0.300. The molecule has 2 aromatic carbocycles. The lowest BCUT2D eigenvalue weighted by Gasteiger charge is -2.18. The van der Waals surface area contributed by atoms with Crippen LogP contribution in [-0.2, 0) is 9.47 Å². The molecule has 0 aliphatic carbocycles. The molecule has 2 N–H and O–H groups in total. The number of ether oxygens (including phenoxy) is 2. The van der Waals surface area contributed by atoms with E-state index >= 15 is 0 Å². The van der Waals surface area contributed by atoms with Gasteiger partial charge >= 0.3 is 6.03 Å². The number of fused-ring (bicyclic) bond motifs is 1. The predicted octanol–water partition coefficient (Wildman–Crippen LogP) is 1.87. The van der Waals surface area contributed by atoms with E-state index < -0.39 is 0 Å². The predicted molar refractivity (Wildman–Crippen MR) is 104 cm³/mol. The lowest BCUT2D eigenvalue weighted by molar-refractivity contribution is 0.0624. The Morgan fingerprint density at radius 1 is 0.966 bits per heavy atom. The highest BCUT2D eigenvalue weighted by Gasteiger charge is 2.50. The monoisotopic (exact) mass is 392 g/mol. The van der Waals surface area contributed by atoms with Crippen LogP contribution in [0.3, 0.4) is 0 Å². The summed E-state index contributed by atoms with van der Waals surface area (Å²) in [6.45, 7) is 0.787. The Morgan fingerprint density at radius 2 is 1.69 bits per heavy atom. The number of urea groups is 1. The average Bonchev–Trinajstić information content (AvgIpc) is 3.47. The van der Waals surface area contributed by atoms with Crippen LogP contribution in [0.5, 0.6) is 0 Å². The van der Waals surface area contributed by atoms with Crippen LogP contribution in [0.1, 0.15) is 6.04 Å². The number of tetrazole rings is 1. The van der Waals surface area contributed by atoms with Gasteiger partial charge in [0.2, 0.25) is 0 Å². The second-order valence-electron chi connectivity index (χ2n) is 7.05. The number of hydrogen-bond donors (Lipinski definition) is 2. The Hall–Kier alpha value is -3.30. The van der Waals surface area contributed by atoms with Crippen LogP contribution in [0.2, 0.25) is 0 Å². The van der Waals surface area contributed by atoms with Crippen molar-refractivity contribution in [3.05, 3.63) is 60.7 Å². The van der Waals surface area contributed by atoms with Gasteiger partial charge in [0.15, 0.2) is 5.82 Å². The first-order valence-corrected chi connectivity index (χ1v) is 9.48. The van der Waals surface area contributed by atoms with Crippen LogP contribution in [0.4, 0.5) is 10.5 Å². The van der Waals surface area contributed by atoms with Gasteiger partial charge in [0.05, 0.1) is 19.3 Å².